The van der Waals surface area contributed by atoms with Crippen LogP contribution in [0.15, 0.2) is 42.5 Å². The van der Waals surface area contributed by atoms with Gasteiger partial charge >= 0.3 is 6.18 Å². The molecule has 2 aromatic rings. The third-order valence-electron chi connectivity index (χ3n) is 4.82. The number of aryl methyl sites for hydroxylation is 2. The SMILES string of the molecule is Cc1cc(C)cc(C(=O)N2CCN(Cc3ccc(C(F)(F)F)cc3)CC2)c1. The van der Waals surface area contributed by atoms with Crippen molar-refractivity contribution in [1.82, 2.24) is 9.80 Å². The quantitative estimate of drug-likeness (QED) is 0.798. The van der Waals surface area contributed by atoms with Crippen LogP contribution in [0.4, 0.5) is 13.2 Å². The van der Waals surface area contributed by atoms with Crippen molar-refractivity contribution in [1.29, 1.82) is 0 Å². The first-order valence-electron chi connectivity index (χ1n) is 8.98. The molecule has 3 nitrogen and oxygen atoms in total. The normalized spacial score (nSPS) is 15.8. The fourth-order valence-electron chi connectivity index (χ4n) is 3.45. The molecule has 2 aromatic carbocycles. The highest BCUT2D eigenvalue weighted by Gasteiger charge is 2.30. The minimum atomic E-state index is -4.31. The predicted octanol–water partition coefficient (Wildman–Crippen LogP) is 4.28. The van der Waals surface area contributed by atoms with Gasteiger partial charge in [0.2, 0.25) is 0 Å². The predicted molar refractivity (Wildman–Crippen MR) is 98.5 cm³/mol. The highest BCUT2D eigenvalue weighted by molar-refractivity contribution is 5.94. The molecule has 144 valence electrons. The van der Waals surface area contributed by atoms with E-state index in [4.69, 9.17) is 0 Å². The van der Waals surface area contributed by atoms with E-state index >= 15 is 0 Å². The summed E-state index contributed by atoms with van der Waals surface area (Å²) < 4.78 is 37.9. The van der Waals surface area contributed by atoms with Gasteiger partial charge in [0.05, 0.1) is 5.56 Å². The molecule has 0 N–H and O–H groups in total. The van der Waals surface area contributed by atoms with Crippen LogP contribution < -0.4 is 0 Å². The number of hydrogen-bond donors (Lipinski definition) is 0. The minimum Gasteiger partial charge on any atom is -0.336 e. The second-order valence-electron chi connectivity index (χ2n) is 7.14. The number of alkyl halides is 3. The summed E-state index contributed by atoms with van der Waals surface area (Å²) in [6.07, 6.45) is -4.31. The van der Waals surface area contributed by atoms with Crippen molar-refractivity contribution in [3.05, 3.63) is 70.3 Å². The molecule has 1 amide bonds. The molecule has 6 heteroatoms. The van der Waals surface area contributed by atoms with E-state index in [1.807, 2.05) is 36.9 Å². The van der Waals surface area contributed by atoms with E-state index in [1.165, 1.54) is 12.1 Å². The maximum atomic E-state index is 12.7. The maximum Gasteiger partial charge on any atom is 0.416 e. The van der Waals surface area contributed by atoms with Crippen LogP contribution in [0.1, 0.15) is 32.6 Å². The van der Waals surface area contributed by atoms with E-state index < -0.39 is 11.7 Å². The van der Waals surface area contributed by atoms with E-state index in [1.54, 1.807) is 0 Å². The fourth-order valence-corrected chi connectivity index (χ4v) is 3.45. The summed E-state index contributed by atoms with van der Waals surface area (Å²) in [5.74, 6) is 0.0379. The van der Waals surface area contributed by atoms with Crippen LogP contribution in [0.5, 0.6) is 0 Å². The first kappa shape index (κ1) is 19.4. The van der Waals surface area contributed by atoms with Gasteiger partial charge in [-0.25, -0.2) is 0 Å². The lowest BCUT2D eigenvalue weighted by molar-refractivity contribution is -0.137. The third-order valence-corrected chi connectivity index (χ3v) is 4.82. The zero-order chi connectivity index (χ0) is 19.6. The molecular weight excluding hydrogens is 353 g/mol. The lowest BCUT2D eigenvalue weighted by Gasteiger charge is -2.35. The number of piperazine rings is 1. The number of carbonyl (C=O) groups excluding carboxylic acids is 1. The molecule has 0 atom stereocenters. The van der Waals surface area contributed by atoms with Crippen molar-refractivity contribution in [2.75, 3.05) is 26.2 Å². The number of rotatable bonds is 3. The number of amides is 1. The van der Waals surface area contributed by atoms with Crippen LogP contribution >= 0.6 is 0 Å². The summed E-state index contributed by atoms with van der Waals surface area (Å²) in [5, 5.41) is 0. The Kier molecular flexibility index (Phi) is 5.56. The van der Waals surface area contributed by atoms with Crippen LogP contribution in [0.25, 0.3) is 0 Å². The Hall–Kier alpha value is -2.34. The second-order valence-corrected chi connectivity index (χ2v) is 7.14. The highest BCUT2D eigenvalue weighted by atomic mass is 19.4. The standard InChI is InChI=1S/C21H23F3N2O/c1-15-11-16(2)13-18(12-15)20(27)26-9-7-25(8-10-26)14-17-3-5-19(6-4-17)21(22,23)24/h3-6,11-13H,7-10,14H2,1-2H3. The lowest BCUT2D eigenvalue weighted by Crippen LogP contribution is -2.48. The Morgan fingerprint density at radius 1 is 0.926 bits per heavy atom. The van der Waals surface area contributed by atoms with Crippen LogP contribution in [0.3, 0.4) is 0 Å². The van der Waals surface area contributed by atoms with Crippen molar-refractivity contribution in [2.45, 2.75) is 26.6 Å². The number of carbonyl (C=O) groups is 1. The molecule has 1 aliphatic heterocycles. The van der Waals surface area contributed by atoms with Crippen LogP contribution in [0.2, 0.25) is 0 Å². The Balaban J connectivity index is 1.56. The number of nitrogens with zero attached hydrogens (tertiary/aromatic N) is 2. The van der Waals surface area contributed by atoms with Crippen LogP contribution in [-0.2, 0) is 12.7 Å². The van der Waals surface area contributed by atoms with Gasteiger partial charge < -0.3 is 4.90 Å². The molecule has 27 heavy (non-hydrogen) atoms. The molecule has 0 aromatic heterocycles. The number of benzene rings is 2. The summed E-state index contributed by atoms with van der Waals surface area (Å²) in [4.78, 5) is 16.7. The molecule has 3 rings (SSSR count). The molecule has 0 unspecified atom stereocenters. The van der Waals surface area contributed by atoms with Crippen molar-refractivity contribution >= 4 is 5.91 Å². The molecule has 1 heterocycles. The van der Waals surface area contributed by atoms with Gasteiger partial charge in [0.15, 0.2) is 0 Å². The number of halogens is 3. The van der Waals surface area contributed by atoms with Gasteiger partial charge in [-0.3, -0.25) is 9.69 Å². The van der Waals surface area contributed by atoms with E-state index in [2.05, 4.69) is 4.90 Å². The first-order valence-corrected chi connectivity index (χ1v) is 8.98. The van der Waals surface area contributed by atoms with Crippen molar-refractivity contribution in [3.63, 3.8) is 0 Å². The summed E-state index contributed by atoms with van der Waals surface area (Å²) in [7, 11) is 0. The second kappa shape index (κ2) is 7.72. The van der Waals surface area contributed by atoms with Gasteiger partial charge in [0, 0.05) is 38.3 Å². The summed E-state index contributed by atoms with van der Waals surface area (Å²) >= 11 is 0. The zero-order valence-corrected chi connectivity index (χ0v) is 15.5. The van der Waals surface area contributed by atoms with Crippen molar-refractivity contribution in [2.24, 2.45) is 0 Å². The van der Waals surface area contributed by atoms with Gasteiger partial charge in [0.1, 0.15) is 0 Å². The zero-order valence-electron chi connectivity index (χ0n) is 15.5. The van der Waals surface area contributed by atoms with Gasteiger partial charge in [-0.05, 0) is 43.7 Å². The Bertz CT molecular complexity index is 787. The van der Waals surface area contributed by atoms with Gasteiger partial charge in [-0.1, -0.05) is 29.3 Å². The number of hydrogen-bond acceptors (Lipinski definition) is 2. The van der Waals surface area contributed by atoms with Crippen molar-refractivity contribution < 1.29 is 18.0 Å². The molecule has 0 radical (unpaired) electrons. The molecule has 1 fully saturated rings. The Morgan fingerprint density at radius 3 is 2.00 bits per heavy atom. The summed E-state index contributed by atoms with van der Waals surface area (Å²) in [6.45, 7) is 7.19. The minimum absolute atomic E-state index is 0.0379. The maximum absolute atomic E-state index is 12.7. The molecular formula is C21H23F3N2O. The topological polar surface area (TPSA) is 23.6 Å². The molecule has 0 saturated carbocycles. The van der Waals surface area contributed by atoms with Gasteiger partial charge in [0.25, 0.3) is 5.91 Å². The molecule has 1 aliphatic rings. The molecule has 0 aliphatic carbocycles. The van der Waals surface area contributed by atoms with Crippen LogP contribution in [-0.4, -0.2) is 41.9 Å². The fraction of sp³-hybridized carbons (Fsp3) is 0.381. The van der Waals surface area contributed by atoms with E-state index in [0.29, 0.717) is 38.3 Å². The lowest BCUT2D eigenvalue weighted by atomic mass is 10.1. The Morgan fingerprint density at radius 2 is 1.48 bits per heavy atom. The molecule has 1 saturated heterocycles. The summed E-state index contributed by atoms with van der Waals surface area (Å²) in [6, 6.07) is 11.1. The Labute approximate surface area is 157 Å². The summed E-state index contributed by atoms with van der Waals surface area (Å²) in [5.41, 5.74) is 3.06. The van der Waals surface area contributed by atoms with E-state index in [9.17, 15) is 18.0 Å². The van der Waals surface area contributed by atoms with Gasteiger partial charge in [-0.2, -0.15) is 13.2 Å². The molecule has 0 spiro atoms. The monoisotopic (exact) mass is 376 g/mol. The first-order chi connectivity index (χ1) is 12.7. The third kappa shape index (κ3) is 4.89. The largest absolute Gasteiger partial charge is 0.416 e. The van der Waals surface area contributed by atoms with Crippen molar-refractivity contribution in [3.8, 4) is 0 Å². The molecule has 0 bridgehead atoms. The van der Waals surface area contributed by atoms with E-state index in [-0.39, 0.29) is 5.91 Å². The smallest absolute Gasteiger partial charge is 0.336 e. The highest BCUT2D eigenvalue weighted by Crippen LogP contribution is 2.29. The van der Waals surface area contributed by atoms with Gasteiger partial charge in [-0.15, -0.1) is 0 Å². The average molecular weight is 376 g/mol. The average Bonchev–Trinajstić information content (AvgIpc) is 2.61. The van der Waals surface area contributed by atoms with E-state index in [0.717, 1.165) is 28.8 Å². The van der Waals surface area contributed by atoms with Crippen LogP contribution in [0, 0.1) is 13.8 Å².